The highest BCUT2D eigenvalue weighted by Crippen LogP contribution is 2.10. The molecule has 2 aromatic rings. The van der Waals surface area contributed by atoms with Crippen LogP contribution in [0.2, 0.25) is 0 Å². The van der Waals surface area contributed by atoms with E-state index in [-0.39, 0.29) is 5.91 Å². The zero-order valence-corrected chi connectivity index (χ0v) is 11.3. The number of amides is 1. The van der Waals surface area contributed by atoms with Crippen LogP contribution in [0.25, 0.3) is 0 Å². The highest BCUT2D eigenvalue weighted by atomic mass is 16.5. The Bertz CT molecular complexity index is 572. The number of nitrogens with one attached hydrogen (secondary N) is 1. The Morgan fingerprint density at radius 1 is 1.47 bits per heavy atom. The molecule has 0 aromatic carbocycles. The van der Waals surface area contributed by atoms with Crippen LogP contribution >= 0.6 is 0 Å². The predicted molar refractivity (Wildman–Crippen MR) is 69.8 cm³/mol. The molecule has 7 nitrogen and oxygen atoms in total. The summed E-state index contributed by atoms with van der Waals surface area (Å²) in [5.41, 5.74) is 1.88. The molecular weight excluding hydrogens is 246 g/mol. The first-order valence-electron chi connectivity index (χ1n) is 6.02. The molecule has 19 heavy (non-hydrogen) atoms. The molecule has 0 spiro atoms. The maximum absolute atomic E-state index is 12.0. The van der Waals surface area contributed by atoms with Crippen LogP contribution in [0.3, 0.4) is 0 Å². The molecule has 2 rings (SSSR count). The summed E-state index contributed by atoms with van der Waals surface area (Å²) in [6.07, 6.45) is 5.00. The number of hydrogen-bond acceptors (Lipinski definition) is 4. The van der Waals surface area contributed by atoms with Crippen molar-refractivity contribution in [2.45, 2.75) is 20.6 Å². The van der Waals surface area contributed by atoms with Crippen molar-refractivity contribution in [1.29, 1.82) is 0 Å². The molecule has 0 aliphatic rings. The normalized spacial score (nSPS) is 10.7. The molecule has 0 unspecified atom stereocenters. The van der Waals surface area contributed by atoms with E-state index in [9.17, 15) is 4.79 Å². The third kappa shape index (κ3) is 3.19. The Labute approximate surface area is 111 Å². The fourth-order valence-corrected chi connectivity index (χ4v) is 1.70. The molecule has 2 heterocycles. The molecular formula is C12H17N5O2. The molecule has 0 saturated carbocycles. The standard InChI is InChI=1S/C12H17N5O2/c1-4-19-8-17-6-10(5-13-17)14-12(18)11-7-16(3)15-9(11)2/h5-7H,4,8H2,1-3H3,(H,14,18). The molecule has 1 N–H and O–H groups in total. The van der Waals surface area contributed by atoms with Gasteiger partial charge in [-0.15, -0.1) is 0 Å². The molecule has 102 valence electrons. The van der Waals surface area contributed by atoms with Crippen molar-refractivity contribution in [1.82, 2.24) is 19.6 Å². The van der Waals surface area contributed by atoms with Crippen LogP contribution in [-0.4, -0.2) is 32.1 Å². The lowest BCUT2D eigenvalue weighted by Gasteiger charge is -2.01. The average Bonchev–Trinajstić information content (AvgIpc) is 2.93. The lowest BCUT2D eigenvalue weighted by Crippen LogP contribution is -2.12. The number of ether oxygens (including phenoxy) is 1. The van der Waals surface area contributed by atoms with Gasteiger partial charge in [-0.3, -0.25) is 9.48 Å². The summed E-state index contributed by atoms with van der Waals surface area (Å²) < 4.78 is 8.45. The van der Waals surface area contributed by atoms with E-state index in [1.165, 1.54) is 0 Å². The van der Waals surface area contributed by atoms with E-state index in [0.717, 1.165) is 0 Å². The lowest BCUT2D eigenvalue weighted by molar-refractivity contribution is 0.0792. The van der Waals surface area contributed by atoms with Gasteiger partial charge in [0, 0.05) is 19.9 Å². The second-order valence-electron chi connectivity index (χ2n) is 4.15. The molecule has 0 atom stereocenters. The van der Waals surface area contributed by atoms with Crippen molar-refractivity contribution in [2.75, 3.05) is 11.9 Å². The van der Waals surface area contributed by atoms with Crippen molar-refractivity contribution in [3.05, 3.63) is 29.8 Å². The zero-order valence-electron chi connectivity index (χ0n) is 11.3. The summed E-state index contributed by atoms with van der Waals surface area (Å²) in [6.45, 7) is 4.71. The SMILES string of the molecule is CCOCn1cc(NC(=O)c2cn(C)nc2C)cn1. The van der Waals surface area contributed by atoms with Gasteiger partial charge in [0.15, 0.2) is 0 Å². The van der Waals surface area contributed by atoms with Gasteiger partial charge in [0.2, 0.25) is 0 Å². The maximum Gasteiger partial charge on any atom is 0.259 e. The lowest BCUT2D eigenvalue weighted by atomic mass is 10.2. The van der Waals surface area contributed by atoms with Gasteiger partial charge >= 0.3 is 0 Å². The van der Waals surface area contributed by atoms with Gasteiger partial charge in [0.25, 0.3) is 5.91 Å². The Balaban J connectivity index is 2.02. The number of rotatable bonds is 5. The summed E-state index contributed by atoms with van der Waals surface area (Å²) in [4.78, 5) is 12.0. The summed E-state index contributed by atoms with van der Waals surface area (Å²) in [6, 6.07) is 0. The zero-order chi connectivity index (χ0) is 13.8. The quantitative estimate of drug-likeness (QED) is 0.878. The highest BCUT2D eigenvalue weighted by molar-refractivity contribution is 6.04. The largest absolute Gasteiger partial charge is 0.360 e. The molecule has 0 bridgehead atoms. The van der Waals surface area contributed by atoms with E-state index in [4.69, 9.17) is 4.74 Å². The molecule has 0 radical (unpaired) electrons. The summed E-state index contributed by atoms with van der Waals surface area (Å²) in [5, 5.41) is 11.0. The van der Waals surface area contributed by atoms with E-state index in [2.05, 4.69) is 15.5 Å². The third-order valence-corrected chi connectivity index (χ3v) is 2.58. The van der Waals surface area contributed by atoms with Crippen LogP contribution in [-0.2, 0) is 18.5 Å². The molecule has 0 aliphatic heterocycles. The molecule has 0 saturated heterocycles. The van der Waals surface area contributed by atoms with Gasteiger partial charge in [-0.2, -0.15) is 10.2 Å². The van der Waals surface area contributed by atoms with Crippen molar-refractivity contribution >= 4 is 11.6 Å². The first kappa shape index (κ1) is 13.3. The number of hydrogen-bond donors (Lipinski definition) is 1. The highest BCUT2D eigenvalue weighted by Gasteiger charge is 2.13. The Morgan fingerprint density at radius 2 is 2.26 bits per heavy atom. The minimum absolute atomic E-state index is 0.193. The van der Waals surface area contributed by atoms with Crippen molar-refractivity contribution < 1.29 is 9.53 Å². The Hall–Kier alpha value is -2.15. The van der Waals surface area contributed by atoms with E-state index >= 15 is 0 Å². The molecule has 2 aromatic heterocycles. The fraction of sp³-hybridized carbons (Fsp3) is 0.417. The van der Waals surface area contributed by atoms with Crippen LogP contribution < -0.4 is 5.32 Å². The van der Waals surface area contributed by atoms with Crippen LogP contribution in [0.15, 0.2) is 18.6 Å². The molecule has 0 fully saturated rings. The predicted octanol–water partition coefficient (Wildman–Crippen LogP) is 1.17. The fourth-order valence-electron chi connectivity index (χ4n) is 1.70. The van der Waals surface area contributed by atoms with Crippen molar-refractivity contribution in [3.63, 3.8) is 0 Å². The number of aromatic nitrogens is 4. The van der Waals surface area contributed by atoms with E-state index in [1.54, 1.807) is 41.9 Å². The van der Waals surface area contributed by atoms with Crippen LogP contribution in [0.4, 0.5) is 5.69 Å². The molecule has 1 amide bonds. The maximum atomic E-state index is 12.0. The number of carbonyl (C=O) groups is 1. The number of anilines is 1. The number of nitrogens with zero attached hydrogens (tertiary/aromatic N) is 4. The summed E-state index contributed by atoms with van der Waals surface area (Å²) >= 11 is 0. The Morgan fingerprint density at radius 3 is 2.89 bits per heavy atom. The van der Waals surface area contributed by atoms with Gasteiger partial charge in [0.1, 0.15) is 6.73 Å². The van der Waals surface area contributed by atoms with Gasteiger partial charge < -0.3 is 10.1 Å². The first-order valence-corrected chi connectivity index (χ1v) is 6.02. The van der Waals surface area contributed by atoms with Gasteiger partial charge in [0.05, 0.1) is 29.3 Å². The van der Waals surface area contributed by atoms with Gasteiger partial charge in [-0.05, 0) is 13.8 Å². The van der Waals surface area contributed by atoms with E-state index in [1.807, 2.05) is 6.92 Å². The number of carbonyl (C=O) groups excluding carboxylic acids is 1. The minimum atomic E-state index is -0.193. The van der Waals surface area contributed by atoms with E-state index < -0.39 is 0 Å². The van der Waals surface area contributed by atoms with Crippen molar-refractivity contribution in [2.24, 2.45) is 7.05 Å². The number of aryl methyl sites for hydroxylation is 2. The second kappa shape index (κ2) is 5.66. The van der Waals surface area contributed by atoms with Crippen LogP contribution in [0.5, 0.6) is 0 Å². The minimum Gasteiger partial charge on any atom is -0.360 e. The van der Waals surface area contributed by atoms with Gasteiger partial charge in [-0.25, -0.2) is 4.68 Å². The first-order chi connectivity index (χ1) is 9.10. The van der Waals surface area contributed by atoms with Crippen molar-refractivity contribution in [3.8, 4) is 0 Å². The van der Waals surface area contributed by atoms with E-state index in [0.29, 0.717) is 30.3 Å². The summed E-state index contributed by atoms with van der Waals surface area (Å²) in [5.74, 6) is -0.193. The summed E-state index contributed by atoms with van der Waals surface area (Å²) in [7, 11) is 1.78. The molecule has 7 heteroatoms. The average molecular weight is 263 g/mol. The Kier molecular flexibility index (Phi) is 3.96. The second-order valence-corrected chi connectivity index (χ2v) is 4.15. The van der Waals surface area contributed by atoms with Crippen LogP contribution in [0, 0.1) is 6.92 Å². The van der Waals surface area contributed by atoms with Crippen LogP contribution in [0.1, 0.15) is 23.0 Å². The third-order valence-electron chi connectivity index (χ3n) is 2.58. The topological polar surface area (TPSA) is 74.0 Å². The smallest absolute Gasteiger partial charge is 0.259 e. The van der Waals surface area contributed by atoms with Gasteiger partial charge in [-0.1, -0.05) is 0 Å². The molecule has 0 aliphatic carbocycles. The monoisotopic (exact) mass is 263 g/mol.